The van der Waals surface area contributed by atoms with Gasteiger partial charge in [0.15, 0.2) is 0 Å². The average Bonchev–Trinajstić information content (AvgIpc) is 2.43. The molecule has 1 atom stereocenters. The van der Waals surface area contributed by atoms with E-state index in [1.54, 1.807) is 0 Å². The van der Waals surface area contributed by atoms with E-state index in [-0.39, 0.29) is 5.91 Å². The summed E-state index contributed by atoms with van der Waals surface area (Å²) in [5.41, 5.74) is 8.06. The lowest BCUT2D eigenvalue weighted by Crippen LogP contribution is -2.27. The fraction of sp³-hybridized carbons (Fsp3) is 0.562. The molecule has 0 aliphatic heterocycles. The number of amides is 1. The molecule has 1 aromatic rings. The van der Waals surface area contributed by atoms with E-state index in [0.29, 0.717) is 31.3 Å². The van der Waals surface area contributed by atoms with Crippen molar-refractivity contribution in [3.8, 4) is 0 Å². The molecule has 0 radical (unpaired) electrons. The molecule has 0 fully saturated rings. The van der Waals surface area contributed by atoms with Gasteiger partial charge in [-0.05, 0) is 29.5 Å². The summed E-state index contributed by atoms with van der Waals surface area (Å²) in [5.74, 6) is 0.923. The molecule has 106 valence electrons. The van der Waals surface area contributed by atoms with Crippen molar-refractivity contribution in [2.75, 3.05) is 6.54 Å². The Bertz CT molecular complexity index is 380. The summed E-state index contributed by atoms with van der Waals surface area (Å²) in [6.45, 7) is 7.59. The van der Waals surface area contributed by atoms with Crippen LogP contribution in [0.2, 0.25) is 0 Å². The van der Waals surface area contributed by atoms with Crippen molar-refractivity contribution in [2.24, 2.45) is 11.7 Å². The molecule has 1 amide bonds. The highest BCUT2D eigenvalue weighted by Gasteiger charge is 2.10. The Balaban J connectivity index is 2.41. The van der Waals surface area contributed by atoms with Crippen molar-refractivity contribution in [1.29, 1.82) is 0 Å². The van der Waals surface area contributed by atoms with Crippen LogP contribution < -0.4 is 11.1 Å². The first-order valence-corrected chi connectivity index (χ1v) is 7.12. The first-order valence-electron chi connectivity index (χ1n) is 7.12. The highest BCUT2D eigenvalue weighted by Crippen LogP contribution is 2.14. The predicted octanol–water partition coefficient (Wildman–Crippen LogP) is 2.80. The molecule has 0 aromatic heterocycles. The fourth-order valence-electron chi connectivity index (χ4n) is 1.95. The van der Waals surface area contributed by atoms with E-state index >= 15 is 0 Å². The van der Waals surface area contributed by atoms with Crippen molar-refractivity contribution >= 4 is 5.91 Å². The molecule has 3 heteroatoms. The van der Waals surface area contributed by atoms with Crippen molar-refractivity contribution in [3.63, 3.8) is 0 Å². The second-order valence-corrected chi connectivity index (χ2v) is 5.39. The highest BCUT2D eigenvalue weighted by atomic mass is 16.1. The lowest BCUT2D eigenvalue weighted by Gasteiger charge is -2.12. The zero-order chi connectivity index (χ0) is 14.3. The zero-order valence-electron chi connectivity index (χ0n) is 12.3. The normalized spacial score (nSPS) is 12.5. The van der Waals surface area contributed by atoms with Gasteiger partial charge in [-0.1, -0.05) is 51.5 Å². The summed E-state index contributed by atoms with van der Waals surface area (Å²) in [5, 5.41) is 2.95. The molecule has 3 nitrogen and oxygen atoms in total. The number of hydrogen-bond acceptors (Lipinski definition) is 2. The van der Waals surface area contributed by atoms with Gasteiger partial charge in [0.05, 0.1) is 0 Å². The van der Waals surface area contributed by atoms with Crippen molar-refractivity contribution in [3.05, 3.63) is 35.4 Å². The lowest BCUT2D eigenvalue weighted by molar-refractivity contribution is -0.122. The number of carbonyl (C=O) groups excluding carboxylic acids is 1. The minimum atomic E-state index is 0.0882. The van der Waals surface area contributed by atoms with E-state index < -0.39 is 0 Å². The van der Waals surface area contributed by atoms with Gasteiger partial charge in [-0.2, -0.15) is 0 Å². The zero-order valence-corrected chi connectivity index (χ0v) is 12.3. The summed E-state index contributed by atoms with van der Waals surface area (Å²) in [6, 6.07) is 8.41. The van der Waals surface area contributed by atoms with E-state index in [0.717, 1.165) is 12.0 Å². The summed E-state index contributed by atoms with van der Waals surface area (Å²) in [7, 11) is 0. The Morgan fingerprint density at radius 3 is 2.37 bits per heavy atom. The Morgan fingerprint density at radius 2 is 1.89 bits per heavy atom. The lowest BCUT2D eigenvalue weighted by atomic mass is 10.0. The van der Waals surface area contributed by atoms with Crippen LogP contribution >= 0.6 is 0 Å². The Labute approximate surface area is 116 Å². The molecule has 19 heavy (non-hydrogen) atoms. The van der Waals surface area contributed by atoms with E-state index in [4.69, 9.17) is 5.73 Å². The van der Waals surface area contributed by atoms with Gasteiger partial charge in [-0.25, -0.2) is 0 Å². The molecule has 0 spiro atoms. The van der Waals surface area contributed by atoms with Crippen LogP contribution in [-0.4, -0.2) is 12.5 Å². The van der Waals surface area contributed by atoms with Gasteiger partial charge in [-0.15, -0.1) is 0 Å². The van der Waals surface area contributed by atoms with Gasteiger partial charge in [0, 0.05) is 13.0 Å². The maximum atomic E-state index is 11.8. The number of hydrogen-bond donors (Lipinski definition) is 2. The molecule has 0 saturated heterocycles. The van der Waals surface area contributed by atoms with Crippen LogP contribution in [0.5, 0.6) is 0 Å². The number of nitrogens with two attached hydrogens (primary N) is 1. The third-order valence-electron chi connectivity index (χ3n) is 3.52. The highest BCUT2D eigenvalue weighted by molar-refractivity contribution is 5.76. The van der Waals surface area contributed by atoms with Crippen LogP contribution in [0.15, 0.2) is 24.3 Å². The SMILES string of the molecule is CCC(CN)CC(=O)NCc1ccc(C(C)C)cc1. The molecule has 3 N–H and O–H groups in total. The van der Waals surface area contributed by atoms with Crippen LogP contribution in [0, 0.1) is 5.92 Å². The molecule has 0 saturated carbocycles. The molecule has 0 bridgehead atoms. The van der Waals surface area contributed by atoms with Crippen LogP contribution in [0.25, 0.3) is 0 Å². The topological polar surface area (TPSA) is 55.1 Å². The van der Waals surface area contributed by atoms with E-state index in [9.17, 15) is 4.79 Å². The largest absolute Gasteiger partial charge is 0.352 e. The minimum Gasteiger partial charge on any atom is -0.352 e. The molecular formula is C16H26N2O. The summed E-state index contributed by atoms with van der Waals surface area (Å²) >= 11 is 0. The first-order chi connectivity index (χ1) is 9.06. The molecule has 0 heterocycles. The predicted molar refractivity (Wildman–Crippen MR) is 79.8 cm³/mol. The van der Waals surface area contributed by atoms with Gasteiger partial charge in [0.2, 0.25) is 5.91 Å². The van der Waals surface area contributed by atoms with Crippen LogP contribution in [0.3, 0.4) is 0 Å². The molecule has 1 unspecified atom stereocenters. The van der Waals surface area contributed by atoms with E-state index in [1.165, 1.54) is 5.56 Å². The maximum Gasteiger partial charge on any atom is 0.220 e. The Hall–Kier alpha value is -1.35. The van der Waals surface area contributed by atoms with Crippen LogP contribution in [0.1, 0.15) is 50.7 Å². The van der Waals surface area contributed by atoms with E-state index in [1.807, 2.05) is 0 Å². The number of rotatable bonds is 7. The summed E-state index contributed by atoms with van der Waals surface area (Å²) in [6.07, 6.45) is 1.48. The standard InChI is InChI=1S/C16H26N2O/c1-4-13(10-17)9-16(19)18-11-14-5-7-15(8-6-14)12(2)3/h5-8,12-13H,4,9-11,17H2,1-3H3,(H,18,19). The van der Waals surface area contributed by atoms with Gasteiger partial charge >= 0.3 is 0 Å². The summed E-state index contributed by atoms with van der Waals surface area (Å²) in [4.78, 5) is 11.8. The second kappa shape index (κ2) is 7.95. The molecule has 0 aliphatic rings. The van der Waals surface area contributed by atoms with Crippen molar-refractivity contribution in [1.82, 2.24) is 5.32 Å². The van der Waals surface area contributed by atoms with Crippen molar-refractivity contribution in [2.45, 2.75) is 46.1 Å². The fourth-order valence-corrected chi connectivity index (χ4v) is 1.95. The van der Waals surface area contributed by atoms with Gasteiger partial charge in [0.1, 0.15) is 0 Å². The monoisotopic (exact) mass is 262 g/mol. The molecule has 0 aliphatic carbocycles. The quantitative estimate of drug-likeness (QED) is 0.794. The third-order valence-corrected chi connectivity index (χ3v) is 3.52. The molecular weight excluding hydrogens is 236 g/mol. The first kappa shape index (κ1) is 15.7. The van der Waals surface area contributed by atoms with E-state index in [2.05, 4.69) is 50.4 Å². The van der Waals surface area contributed by atoms with Crippen molar-refractivity contribution < 1.29 is 4.79 Å². The van der Waals surface area contributed by atoms with Gasteiger partial charge in [0.25, 0.3) is 0 Å². The third kappa shape index (κ3) is 5.43. The Morgan fingerprint density at radius 1 is 1.26 bits per heavy atom. The summed E-state index contributed by atoms with van der Waals surface area (Å²) < 4.78 is 0. The van der Waals surface area contributed by atoms with Gasteiger partial charge < -0.3 is 11.1 Å². The number of nitrogens with one attached hydrogen (secondary N) is 1. The van der Waals surface area contributed by atoms with Crippen LogP contribution in [-0.2, 0) is 11.3 Å². The smallest absolute Gasteiger partial charge is 0.220 e. The number of carbonyl (C=O) groups is 1. The van der Waals surface area contributed by atoms with Gasteiger partial charge in [-0.3, -0.25) is 4.79 Å². The van der Waals surface area contributed by atoms with Crippen LogP contribution in [0.4, 0.5) is 0 Å². The second-order valence-electron chi connectivity index (χ2n) is 5.39. The maximum absolute atomic E-state index is 11.8. The number of benzene rings is 1. The average molecular weight is 262 g/mol. The molecule has 1 rings (SSSR count). The Kier molecular flexibility index (Phi) is 6.57. The minimum absolute atomic E-state index is 0.0882. The molecule has 1 aromatic carbocycles.